The topological polar surface area (TPSA) is 63.4 Å². The number of benzene rings is 1. The van der Waals surface area contributed by atoms with Crippen LogP contribution in [0.2, 0.25) is 0 Å². The molecule has 5 nitrogen and oxygen atoms in total. The number of aryl methyl sites for hydroxylation is 1. The molecule has 0 bridgehead atoms. The van der Waals surface area contributed by atoms with E-state index in [1.807, 2.05) is 0 Å². The van der Waals surface area contributed by atoms with Crippen LogP contribution in [0.5, 0.6) is 0 Å². The normalized spacial score (nSPS) is 21.7. The molecule has 2 fully saturated rings. The van der Waals surface area contributed by atoms with E-state index in [1.165, 1.54) is 0 Å². The van der Waals surface area contributed by atoms with Crippen LogP contribution in [0.3, 0.4) is 0 Å². The lowest BCUT2D eigenvalue weighted by Gasteiger charge is -2.09. The van der Waals surface area contributed by atoms with Gasteiger partial charge in [-0.1, -0.05) is 18.2 Å². The zero-order chi connectivity index (χ0) is 17.9. The molecule has 0 aliphatic carbocycles. The van der Waals surface area contributed by atoms with E-state index in [0.29, 0.717) is 6.42 Å². The molecule has 1 aromatic carbocycles. The van der Waals surface area contributed by atoms with Crippen molar-refractivity contribution < 1.29 is 32.2 Å². The van der Waals surface area contributed by atoms with E-state index in [1.54, 1.807) is 4.72 Å². The SMILES string of the molecule is O=C(NSC(F)(F)F)OCCCCc1cc(C2CO2)cc(C2CO2)c1. The van der Waals surface area contributed by atoms with Crippen LogP contribution in [-0.4, -0.2) is 31.4 Å². The Balaban J connectivity index is 1.38. The highest BCUT2D eigenvalue weighted by Gasteiger charge is 2.31. The highest BCUT2D eigenvalue weighted by Crippen LogP contribution is 2.36. The fraction of sp³-hybridized carbons (Fsp3) is 0.562. The molecule has 138 valence electrons. The molecule has 2 aliphatic rings. The highest BCUT2D eigenvalue weighted by atomic mass is 32.2. The van der Waals surface area contributed by atoms with Crippen molar-refractivity contribution >= 4 is 18.0 Å². The van der Waals surface area contributed by atoms with Gasteiger partial charge < -0.3 is 14.2 Å². The largest absolute Gasteiger partial charge is 0.461 e. The molecule has 2 aliphatic heterocycles. The van der Waals surface area contributed by atoms with Gasteiger partial charge in [-0.2, -0.15) is 13.2 Å². The summed E-state index contributed by atoms with van der Waals surface area (Å²) in [5.41, 5.74) is -1.04. The van der Waals surface area contributed by atoms with Gasteiger partial charge in [0, 0.05) is 0 Å². The number of hydrogen-bond acceptors (Lipinski definition) is 5. The second-order valence-electron chi connectivity index (χ2n) is 5.89. The van der Waals surface area contributed by atoms with Crippen molar-refractivity contribution in [3.05, 3.63) is 34.9 Å². The minimum Gasteiger partial charge on any atom is -0.449 e. The number of ether oxygens (including phenoxy) is 3. The van der Waals surface area contributed by atoms with Crippen LogP contribution < -0.4 is 4.72 Å². The summed E-state index contributed by atoms with van der Waals surface area (Å²) in [6.45, 7) is 1.56. The van der Waals surface area contributed by atoms with Crippen molar-refractivity contribution in [2.75, 3.05) is 19.8 Å². The van der Waals surface area contributed by atoms with Gasteiger partial charge in [0.2, 0.25) is 0 Å². The molecule has 2 saturated heterocycles. The molecule has 1 aromatic rings. The van der Waals surface area contributed by atoms with Crippen LogP contribution in [0.25, 0.3) is 0 Å². The summed E-state index contributed by atoms with van der Waals surface area (Å²) >= 11 is -0.626. The number of amides is 1. The van der Waals surface area contributed by atoms with Gasteiger partial charge in [0.1, 0.15) is 12.2 Å². The third kappa shape index (κ3) is 6.41. The molecule has 1 amide bonds. The van der Waals surface area contributed by atoms with Gasteiger partial charge in [-0.05, 0) is 36.0 Å². The number of hydrogen-bond donors (Lipinski definition) is 1. The molecule has 0 saturated carbocycles. The Morgan fingerprint density at radius 2 is 1.76 bits per heavy atom. The highest BCUT2D eigenvalue weighted by molar-refractivity contribution is 7.98. The Morgan fingerprint density at radius 3 is 2.28 bits per heavy atom. The van der Waals surface area contributed by atoms with Crippen molar-refractivity contribution in [1.29, 1.82) is 0 Å². The molecule has 2 unspecified atom stereocenters. The van der Waals surface area contributed by atoms with Crippen molar-refractivity contribution in [1.82, 2.24) is 4.72 Å². The number of carbonyl (C=O) groups excluding carboxylic acids is 1. The zero-order valence-electron chi connectivity index (χ0n) is 13.3. The van der Waals surface area contributed by atoms with Gasteiger partial charge >= 0.3 is 11.6 Å². The average molecular weight is 377 g/mol. The van der Waals surface area contributed by atoms with Crippen molar-refractivity contribution in [3.8, 4) is 0 Å². The number of carbonyl (C=O) groups is 1. The molecule has 0 radical (unpaired) electrons. The zero-order valence-corrected chi connectivity index (χ0v) is 14.1. The lowest BCUT2D eigenvalue weighted by molar-refractivity contribution is -0.0336. The van der Waals surface area contributed by atoms with Gasteiger partial charge in [0.05, 0.1) is 31.8 Å². The number of alkyl halides is 3. The number of nitrogens with one attached hydrogen (secondary N) is 1. The van der Waals surface area contributed by atoms with Gasteiger partial charge in [-0.15, -0.1) is 0 Å². The van der Waals surface area contributed by atoms with Crippen molar-refractivity contribution in [2.45, 2.75) is 37.0 Å². The lowest BCUT2D eigenvalue weighted by Crippen LogP contribution is -2.22. The Morgan fingerprint density at radius 1 is 1.16 bits per heavy atom. The maximum absolute atomic E-state index is 11.9. The van der Waals surface area contributed by atoms with Crippen LogP contribution in [0, 0.1) is 0 Å². The summed E-state index contributed by atoms with van der Waals surface area (Å²) in [5, 5.41) is 0. The Hall–Kier alpha value is -1.45. The van der Waals surface area contributed by atoms with Gasteiger partial charge in [0.25, 0.3) is 0 Å². The predicted octanol–water partition coefficient (Wildman–Crippen LogP) is 4.05. The van der Waals surface area contributed by atoms with Gasteiger partial charge in [0.15, 0.2) is 0 Å². The first-order valence-electron chi connectivity index (χ1n) is 7.95. The molecular weight excluding hydrogens is 359 g/mol. The molecule has 25 heavy (non-hydrogen) atoms. The third-order valence-corrected chi connectivity index (χ3v) is 4.29. The first-order chi connectivity index (χ1) is 11.9. The summed E-state index contributed by atoms with van der Waals surface area (Å²) in [6, 6.07) is 6.33. The minimum absolute atomic E-state index is 0.0776. The van der Waals surface area contributed by atoms with Crippen molar-refractivity contribution in [3.63, 3.8) is 0 Å². The standard InChI is InChI=1S/C16H18F3NO4S/c17-16(18,19)25-20-15(21)22-4-2-1-3-10-5-11(13-8-23-13)7-12(6-10)14-9-24-14/h5-7,13-14H,1-4,8-9H2,(H,20,21). The number of epoxide rings is 2. The molecule has 2 heterocycles. The summed E-state index contributed by atoms with van der Waals surface area (Å²) in [5.74, 6) is 0. The fourth-order valence-corrected chi connectivity index (χ4v) is 2.73. The monoisotopic (exact) mass is 377 g/mol. The number of rotatable bonds is 8. The molecular formula is C16H18F3NO4S. The average Bonchev–Trinajstić information content (AvgIpc) is 3.44. The quantitative estimate of drug-likeness (QED) is 0.421. The van der Waals surface area contributed by atoms with Crippen LogP contribution in [-0.2, 0) is 20.6 Å². The predicted molar refractivity (Wildman–Crippen MR) is 84.9 cm³/mol. The van der Waals surface area contributed by atoms with Crippen LogP contribution in [0.15, 0.2) is 18.2 Å². The van der Waals surface area contributed by atoms with E-state index in [0.717, 1.165) is 42.7 Å². The Labute approximate surface area is 147 Å². The maximum Gasteiger partial charge on any atom is 0.461 e. The smallest absolute Gasteiger partial charge is 0.449 e. The van der Waals surface area contributed by atoms with E-state index in [4.69, 9.17) is 14.2 Å². The van der Waals surface area contributed by atoms with Crippen LogP contribution >= 0.6 is 11.9 Å². The summed E-state index contributed by atoms with van der Waals surface area (Å²) < 4.78 is 52.7. The van der Waals surface area contributed by atoms with E-state index >= 15 is 0 Å². The summed E-state index contributed by atoms with van der Waals surface area (Å²) in [7, 11) is 0. The van der Waals surface area contributed by atoms with Crippen LogP contribution in [0.1, 0.15) is 41.7 Å². The molecule has 3 rings (SSSR count). The van der Waals surface area contributed by atoms with E-state index in [9.17, 15) is 18.0 Å². The van der Waals surface area contributed by atoms with Gasteiger partial charge in [-0.25, -0.2) is 4.79 Å². The number of unbranched alkanes of at least 4 members (excludes halogenated alkanes) is 1. The van der Waals surface area contributed by atoms with E-state index in [-0.39, 0.29) is 18.8 Å². The Kier molecular flexibility index (Phi) is 5.75. The van der Waals surface area contributed by atoms with E-state index in [2.05, 4.69) is 18.2 Å². The first-order valence-corrected chi connectivity index (χ1v) is 8.77. The third-order valence-electron chi connectivity index (χ3n) is 3.79. The second kappa shape index (κ2) is 7.84. The summed E-state index contributed by atoms with van der Waals surface area (Å²) in [6.07, 6.45) is 1.40. The Bertz CT molecular complexity index is 588. The lowest BCUT2D eigenvalue weighted by atomic mass is 9.99. The van der Waals surface area contributed by atoms with Gasteiger partial charge in [-0.3, -0.25) is 4.72 Å². The molecule has 0 spiro atoms. The first kappa shape index (κ1) is 18.3. The van der Waals surface area contributed by atoms with Crippen molar-refractivity contribution in [2.24, 2.45) is 0 Å². The molecule has 2 atom stereocenters. The number of halogens is 3. The fourth-order valence-electron chi connectivity index (χ4n) is 2.47. The van der Waals surface area contributed by atoms with Crippen LogP contribution in [0.4, 0.5) is 18.0 Å². The maximum atomic E-state index is 11.9. The molecule has 9 heteroatoms. The second-order valence-corrected chi connectivity index (χ2v) is 6.77. The molecule has 1 N–H and O–H groups in total. The summed E-state index contributed by atoms with van der Waals surface area (Å²) in [4.78, 5) is 11.1. The molecule has 0 aromatic heterocycles. The van der Waals surface area contributed by atoms with E-state index < -0.39 is 23.5 Å². The minimum atomic E-state index is -4.52.